The number of primary amides is 1. The SMILES string of the molecule is NC(=O)NC(CC(=O)Nc1ccc(C(=O)NC2CCCC2)cc1)c1cccs1. The van der Waals surface area contributed by atoms with Crippen LogP contribution in [-0.4, -0.2) is 23.9 Å². The third-order valence-corrected chi connectivity index (χ3v) is 5.70. The highest BCUT2D eigenvalue weighted by atomic mass is 32.1. The summed E-state index contributed by atoms with van der Waals surface area (Å²) < 4.78 is 0. The van der Waals surface area contributed by atoms with Crippen LogP contribution in [0.5, 0.6) is 0 Å². The lowest BCUT2D eigenvalue weighted by atomic mass is 10.1. The number of carbonyl (C=O) groups excluding carboxylic acids is 3. The summed E-state index contributed by atoms with van der Waals surface area (Å²) in [5.74, 6) is -0.344. The maximum Gasteiger partial charge on any atom is 0.312 e. The van der Waals surface area contributed by atoms with E-state index in [-0.39, 0.29) is 24.3 Å². The number of carbonyl (C=O) groups is 3. The fourth-order valence-corrected chi connectivity index (χ4v) is 4.10. The first kappa shape index (κ1) is 19.9. The van der Waals surface area contributed by atoms with E-state index in [1.54, 1.807) is 24.3 Å². The fourth-order valence-electron chi connectivity index (χ4n) is 3.33. The number of hydrogen-bond donors (Lipinski definition) is 4. The Kier molecular flexibility index (Phi) is 6.65. The Bertz CT molecular complexity index is 814. The van der Waals surface area contributed by atoms with E-state index in [1.807, 2.05) is 17.5 Å². The topological polar surface area (TPSA) is 113 Å². The molecule has 0 spiro atoms. The highest BCUT2D eigenvalue weighted by Gasteiger charge is 2.19. The van der Waals surface area contributed by atoms with E-state index in [2.05, 4.69) is 16.0 Å². The number of benzene rings is 1. The molecule has 1 unspecified atom stereocenters. The van der Waals surface area contributed by atoms with Crippen molar-refractivity contribution in [3.8, 4) is 0 Å². The number of anilines is 1. The molecule has 1 aliphatic rings. The molecule has 3 rings (SSSR count). The van der Waals surface area contributed by atoms with Crippen LogP contribution < -0.4 is 21.7 Å². The molecule has 1 saturated carbocycles. The highest BCUT2D eigenvalue weighted by Crippen LogP contribution is 2.23. The minimum atomic E-state index is -0.677. The normalized spacial score (nSPS) is 15.0. The fraction of sp³-hybridized carbons (Fsp3) is 0.350. The molecule has 1 heterocycles. The van der Waals surface area contributed by atoms with Crippen molar-refractivity contribution in [3.05, 3.63) is 52.2 Å². The van der Waals surface area contributed by atoms with Crippen molar-refractivity contribution in [1.82, 2.24) is 10.6 Å². The van der Waals surface area contributed by atoms with Gasteiger partial charge in [0.05, 0.1) is 12.5 Å². The van der Waals surface area contributed by atoms with Gasteiger partial charge in [-0.1, -0.05) is 18.9 Å². The van der Waals surface area contributed by atoms with Gasteiger partial charge in [-0.2, -0.15) is 0 Å². The molecule has 4 amide bonds. The minimum absolute atomic E-state index is 0.0629. The predicted octanol–water partition coefficient (Wildman–Crippen LogP) is 3.16. The quantitative estimate of drug-likeness (QED) is 0.572. The molecule has 0 saturated heterocycles. The van der Waals surface area contributed by atoms with Crippen LogP contribution in [0.3, 0.4) is 0 Å². The van der Waals surface area contributed by atoms with Crippen LogP contribution in [0, 0.1) is 0 Å². The van der Waals surface area contributed by atoms with Gasteiger partial charge in [-0.15, -0.1) is 11.3 Å². The smallest absolute Gasteiger partial charge is 0.312 e. The van der Waals surface area contributed by atoms with Gasteiger partial charge in [0.15, 0.2) is 0 Å². The molecule has 1 atom stereocenters. The number of rotatable bonds is 7. The van der Waals surface area contributed by atoms with Gasteiger partial charge in [-0.05, 0) is 48.6 Å². The number of nitrogens with two attached hydrogens (primary N) is 1. The van der Waals surface area contributed by atoms with Crippen molar-refractivity contribution in [2.24, 2.45) is 5.73 Å². The summed E-state index contributed by atoms with van der Waals surface area (Å²) in [6, 6.07) is 9.58. The zero-order valence-electron chi connectivity index (χ0n) is 15.4. The van der Waals surface area contributed by atoms with Gasteiger partial charge < -0.3 is 21.7 Å². The van der Waals surface area contributed by atoms with Gasteiger partial charge in [0.2, 0.25) is 5.91 Å². The summed E-state index contributed by atoms with van der Waals surface area (Å²) in [5.41, 5.74) is 6.37. The van der Waals surface area contributed by atoms with Crippen molar-refractivity contribution in [2.75, 3.05) is 5.32 Å². The first-order chi connectivity index (χ1) is 13.5. The van der Waals surface area contributed by atoms with E-state index in [9.17, 15) is 14.4 Å². The Morgan fingerprint density at radius 3 is 2.43 bits per heavy atom. The zero-order valence-corrected chi connectivity index (χ0v) is 16.3. The first-order valence-corrected chi connectivity index (χ1v) is 10.2. The van der Waals surface area contributed by atoms with Crippen LogP contribution in [0.15, 0.2) is 41.8 Å². The number of nitrogens with one attached hydrogen (secondary N) is 3. The second-order valence-corrected chi connectivity index (χ2v) is 7.84. The molecular formula is C20H24N4O3S. The number of urea groups is 1. The molecule has 0 radical (unpaired) electrons. The van der Waals surface area contributed by atoms with Gasteiger partial charge in [-0.25, -0.2) is 4.79 Å². The highest BCUT2D eigenvalue weighted by molar-refractivity contribution is 7.10. The molecule has 7 nitrogen and oxygen atoms in total. The molecule has 1 aromatic carbocycles. The van der Waals surface area contributed by atoms with Gasteiger partial charge in [0, 0.05) is 22.2 Å². The molecule has 1 aromatic heterocycles. The summed E-state index contributed by atoms with van der Waals surface area (Å²) >= 11 is 1.44. The molecule has 1 fully saturated rings. The Hall–Kier alpha value is -2.87. The lowest BCUT2D eigenvalue weighted by Gasteiger charge is -2.16. The Morgan fingerprint density at radius 2 is 1.82 bits per heavy atom. The van der Waals surface area contributed by atoms with E-state index in [4.69, 9.17) is 5.73 Å². The Morgan fingerprint density at radius 1 is 1.11 bits per heavy atom. The zero-order chi connectivity index (χ0) is 19.9. The number of thiophene rings is 1. The van der Waals surface area contributed by atoms with Crippen LogP contribution in [0.1, 0.15) is 53.4 Å². The molecular weight excluding hydrogens is 376 g/mol. The van der Waals surface area contributed by atoms with Crippen molar-refractivity contribution in [3.63, 3.8) is 0 Å². The van der Waals surface area contributed by atoms with Gasteiger partial charge in [-0.3, -0.25) is 9.59 Å². The lowest BCUT2D eigenvalue weighted by Crippen LogP contribution is -2.34. The molecule has 28 heavy (non-hydrogen) atoms. The molecule has 2 aromatic rings. The lowest BCUT2D eigenvalue weighted by molar-refractivity contribution is -0.116. The largest absolute Gasteiger partial charge is 0.352 e. The Balaban J connectivity index is 1.55. The second kappa shape index (κ2) is 9.36. The average Bonchev–Trinajstić information content (AvgIpc) is 3.35. The molecule has 0 aliphatic heterocycles. The summed E-state index contributed by atoms with van der Waals surface area (Å²) in [7, 11) is 0. The summed E-state index contributed by atoms with van der Waals surface area (Å²) in [5, 5.41) is 10.3. The summed E-state index contributed by atoms with van der Waals surface area (Å²) in [6.07, 6.45) is 4.45. The predicted molar refractivity (Wildman–Crippen MR) is 109 cm³/mol. The standard InChI is InChI=1S/C20H24N4O3S/c21-20(27)24-16(17-6-3-11-28-17)12-18(25)22-15-9-7-13(8-10-15)19(26)23-14-4-1-2-5-14/h3,6-11,14,16H,1-2,4-5,12H2,(H,22,25)(H,23,26)(H3,21,24,27). The molecule has 1 aliphatic carbocycles. The maximum atomic E-state index is 12.4. The third-order valence-electron chi connectivity index (χ3n) is 4.71. The van der Waals surface area contributed by atoms with Crippen molar-refractivity contribution in [1.29, 1.82) is 0 Å². The maximum absolute atomic E-state index is 12.4. The van der Waals surface area contributed by atoms with Gasteiger partial charge in [0.25, 0.3) is 5.91 Å². The third kappa shape index (κ3) is 5.56. The number of hydrogen-bond acceptors (Lipinski definition) is 4. The number of amides is 4. The van der Waals surface area contributed by atoms with E-state index in [1.165, 1.54) is 11.3 Å². The van der Waals surface area contributed by atoms with E-state index >= 15 is 0 Å². The Labute approximate surface area is 167 Å². The molecule has 5 N–H and O–H groups in total. The van der Waals surface area contributed by atoms with Gasteiger partial charge in [0.1, 0.15) is 0 Å². The van der Waals surface area contributed by atoms with Crippen molar-refractivity contribution >= 4 is 34.9 Å². The van der Waals surface area contributed by atoms with Crippen molar-refractivity contribution < 1.29 is 14.4 Å². The summed E-state index contributed by atoms with van der Waals surface area (Å²) in [4.78, 5) is 36.7. The molecule has 8 heteroatoms. The van der Waals surface area contributed by atoms with Crippen LogP contribution in [-0.2, 0) is 4.79 Å². The minimum Gasteiger partial charge on any atom is -0.352 e. The van der Waals surface area contributed by atoms with E-state index in [0.29, 0.717) is 11.3 Å². The van der Waals surface area contributed by atoms with Crippen LogP contribution in [0.2, 0.25) is 0 Å². The van der Waals surface area contributed by atoms with Crippen LogP contribution in [0.4, 0.5) is 10.5 Å². The second-order valence-electron chi connectivity index (χ2n) is 6.86. The first-order valence-electron chi connectivity index (χ1n) is 9.31. The average molecular weight is 401 g/mol. The molecule has 0 bridgehead atoms. The van der Waals surface area contributed by atoms with E-state index in [0.717, 1.165) is 30.6 Å². The van der Waals surface area contributed by atoms with Crippen LogP contribution >= 0.6 is 11.3 Å². The van der Waals surface area contributed by atoms with E-state index < -0.39 is 12.1 Å². The molecule has 148 valence electrons. The van der Waals surface area contributed by atoms with Gasteiger partial charge >= 0.3 is 6.03 Å². The summed E-state index contributed by atoms with van der Waals surface area (Å²) in [6.45, 7) is 0. The monoisotopic (exact) mass is 400 g/mol. The van der Waals surface area contributed by atoms with Crippen molar-refractivity contribution in [2.45, 2.75) is 44.2 Å². The van der Waals surface area contributed by atoms with Crippen LogP contribution in [0.25, 0.3) is 0 Å².